The Labute approximate surface area is 187 Å². The maximum absolute atomic E-state index is 13.2. The van der Waals surface area contributed by atoms with Gasteiger partial charge in [0, 0.05) is 31.0 Å². The number of ketones is 1. The van der Waals surface area contributed by atoms with E-state index in [1.165, 1.54) is 4.90 Å². The first-order chi connectivity index (χ1) is 15.4. The summed E-state index contributed by atoms with van der Waals surface area (Å²) in [4.78, 5) is 29.7. The highest BCUT2D eigenvalue weighted by Crippen LogP contribution is 2.42. The summed E-state index contributed by atoms with van der Waals surface area (Å²) >= 11 is 0. The maximum atomic E-state index is 13.2. The highest BCUT2D eigenvalue weighted by molar-refractivity contribution is 6.51. The van der Waals surface area contributed by atoms with Crippen molar-refractivity contribution in [2.24, 2.45) is 0 Å². The van der Waals surface area contributed by atoms with Crippen LogP contribution in [0.25, 0.3) is 5.76 Å². The number of ether oxygens (including phenoxy) is 1. The van der Waals surface area contributed by atoms with Crippen LogP contribution in [0, 0.1) is 0 Å². The van der Waals surface area contributed by atoms with Crippen LogP contribution in [-0.2, 0) is 9.59 Å². The second-order valence-corrected chi connectivity index (χ2v) is 7.72. The molecule has 6 heteroatoms. The summed E-state index contributed by atoms with van der Waals surface area (Å²) in [5, 5.41) is 11.1. The molecule has 0 bridgehead atoms. The molecule has 1 fully saturated rings. The van der Waals surface area contributed by atoms with Gasteiger partial charge in [-0.2, -0.15) is 0 Å². The quantitative estimate of drug-likeness (QED) is 0.371. The number of carbonyl (C=O) groups excluding carboxylic acids is 2. The summed E-state index contributed by atoms with van der Waals surface area (Å²) in [5.74, 6) is -0.939. The Hall–Kier alpha value is -4.06. The van der Waals surface area contributed by atoms with E-state index < -0.39 is 17.7 Å². The number of carbonyl (C=O) groups is 2. The Bertz CT molecular complexity index is 1170. The fourth-order valence-electron chi connectivity index (χ4n) is 3.86. The molecule has 1 N–H and O–H groups in total. The van der Waals surface area contributed by atoms with Gasteiger partial charge in [0.2, 0.25) is 0 Å². The minimum atomic E-state index is -0.772. The molecule has 1 atom stereocenters. The molecule has 1 aliphatic rings. The molecule has 4 rings (SSSR count). The number of benzene rings is 3. The molecule has 0 aromatic heterocycles. The van der Waals surface area contributed by atoms with Gasteiger partial charge in [-0.05, 0) is 42.0 Å². The van der Waals surface area contributed by atoms with Crippen LogP contribution in [0.2, 0.25) is 0 Å². The molecule has 1 heterocycles. The Balaban J connectivity index is 1.89. The fraction of sp³-hybridized carbons (Fsp3) is 0.154. The zero-order valence-electron chi connectivity index (χ0n) is 18.1. The molecule has 162 valence electrons. The molecule has 0 aliphatic carbocycles. The van der Waals surface area contributed by atoms with Crippen LogP contribution in [0.3, 0.4) is 0 Å². The van der Waals surface area contributed by atoms with Crippen molar-refractivity contribution in [3.05, 3.63) is 95.6 Å². The number of anilines is 2. The number of Topliss-reactive ketones (excluding diaryl/α,β-unsaturated/α-hetero) is 1. The Morgan fingerprint density at radius 1 is 0.906 bits per heavy atom. The lowest BCUT2D eigenvalue weighted by Gasteiger charge is -2.26. The minimum absolute atomic E-state index is 0.0584. The number of hydrogen-bond acceptors (Lipinski definition) is 5. The van der Waals surface area contributed by atoms with Crippen LogP contribution >= 0.6 is 0 Å². The lowest BCUT2D eigenvalue weighted by atomic mass is 9.95. The largest absolute Gasteiger partial charge is 0.507 e. The normalized spacial score (nSPS) is 17.5. The summed E-state index contributed by atoms with van der Waals surface area (Å²) < 4.78 is 5.25. The third kappa shape index (κ3) is 3.71. The smallest absolute Gasteiger partial charge is 0.300 e. The molecule has 0 radical (unpaired) electrons. The average Bonchev–Trinajstić information content (AvgIpc) is 3.09. The molecule has 3 aromatic rings. The number of rotatable bonds is 5. The second-order valence-electron chi connectivity index (χ2n) is 7.72. The molecule has 32 heavy (non-hydrogen) atoms. The highest BCUT2D eigenvalue weighted by atomic mass is 16.5. The average molecular weight is 428 g/mol. The van der Waals surface area contributed by atoms with Gasteiger partial charge >= 0.3 is 0 Å². The van der Waals surface area contributed by atoms with Gasteiger partial charge < -0.3 is 14.7 Å². The topological polar surface area (TPSA) is 70.1 Å². The van der Waals surface area contributed by atoms with E-state index in [4.69, 9.17) is 4.74 Å². The van der Waals surface area contributed by atoms with Crippen molar-refractivity contribution in [2.45, 2.75) is 6.04 Å². The lowest BCUT2D eigenvalue weighted by molar-refractivity contribution is -0.132. The fourth-order valence-corrected chi connectivity index (χ4v) is 3.86. The number of aliphatic hydroxyl groups excluding tert-OH is 1. The van der Waals surface area contributed by atoms with Crippen LogP contribution in [0.5, 0.6) is 5.75 Å². The Kier molecular flexibility index (Phi) is 5.69. The van der Waals surface area contributed by atoms with Crippen molar-refractivity contribution in [2.75, 3.05) is 31.0 Å². The molecule has 3 aromatic carbocycles. The van der Waals surface area contributed by atoms with Crippen molar-refractivity contribution >= 4 is 28.8 Å². The van der Waals surface area contributed by atoms with Crippen LogP contribution in [0.15, 0.2) is 84.4 Å². The number of nitrogens with zero attached hydrogens (tertiary/aromatic N) is 2. The molecule has 1 aliphatic heterocycles. The van der Waals surface area contributed by atoms with Gasteiger partial charge in [-0.15, -0.1) is 0 Å². The van der Waals surface area contributed by atoms with E-state index in [0.717, 1.165) is 5.69 Å². The van der Waals surface area contributed by atoms with Crippen molar-refractivity contribution in [1.29, 1.82) is 0 Å². The van der Waals surface area contributed by atoms with Crippen LogP contribution in [0.1, 0.15) is 17.2 Å². The lowest BCUT2D eigenvalue weighted by Crippen LogP contribution is -2.29. The summed E-state index contributed by atoms with van der Waals surface area (Å²) in [7, 11) is 5.43. The molecule has 0 unspecified atom stereocenters. The van der Waals surface area contributed by atoms with E-state index in [-0.39, 0.29) is 11.3 Å². The number of amides is 1. The van der Waals surface area contributed by atoms with E-state index >= 15 is 0 Å². The third-order valence-corrected chi connectivity index (χ3v) is 5.57. The number of hydrogen-bond donors (Lipinski definition) is 1. The molecule has 0 spiro atoms. The number of aliphatic hydroxyl groups is 1. The molecule has 1 amide bonds. The summed E-state index contributed by atoms with van der Waals surface area (Å²) in [6.45, 7) is 0. The van der Waals surface area contributed by atoms with Crippen LogP contribution in [0.4, 0.5) is 11.4 Å². The van der Waals surface area contributed by atoms with Gasteiger partial charge in [-0.3, -0.25) is 14.5 Å². The van der Waals surface area contributed by atoms with Crippen molar-refractivity contribution in [3.8, 4) is 5.75 Å². The molecule has 6 nitrogen and oxygen atoms in total. The van der Waals surface area contributed by atoms with E-state index in [0.29, 0.717) is 22.6 Å². The third-order valence-electron chi connectivity index (χ3n) is 5.57. The first-order valence-corrected chi connectivity index (χ1v) is 10.2. The van der Waals surface area contributed by atoms with Gasteiger partial charge in [-0.25, -0.2) is 0 Å². The predicted octanol–water partition coefficient (Wildman–Crippen LogP) is 4.39. The monoisotopic (exact) mass is 428 g/mol. The molecular weight excluding hydrogens is 404 g/mol. The van der Waals surface area contributed by atoms with Gasteiger partial charge in [0.1, 0.15) is 11.5 Å². The van der Waals surface area contributed by atoms with E-state index in [2.05, 4.69) is 0 Å². The van der Waals surface area contributed by atoms with E-state index in [9.17, 15) is 14.7 Å². The maximum Gasteiger partial charge on any atom is 0.300 e. The first-order valence-electron chi connectivity index (χ1n) is 10.2. The van der Waals surface area contributed by atoms with Crippen LogP contribution in [-0.4, -0.2) is 38.0 Å². The Morgan fingerprint density at radius 2 is 1.53 bits per heavy atom. The summed E-state index contributed by atoms with van der Waals surface area (Å²) in [6, 6.07) is 22.5. The molecular formula is C26H24N2O4. The summed E-state index contributed by atoms with van der Waals surface area (Å²) in [6.07, 6.45) is 0. The van der Waals surface area contributed by atoms with Gasteiger partial charge in [0.15, 0.2) is 0 Å². The standard InChI is InChI=1S/C26H24N2O4/c1-27(2)19-11-13-20(14-12-19)28-23(17-9-15-21(32-3)16-10-17)22(25(30)26(28)31)24(29)18-7-5-4-6-8-18/h4-16,23,29H,1-3H3/t23-/m1/s1. The highest BCUT2D eigenvalue weighted by Gasteiger charge is 2.46. The van der Waals surface area contributed by atoms with Crippen molar-refractivity contribution in [1.82, 2.24) is 0 Å². The van der Waals surface area contributed by atoms with Gasteiger partial charge in [-0.1, -0.05) is 42.5 Å². The van der Waals surface area contributed by atoms with Gasteiger partial charge in [0.05, 0.1) is 18.7 Å². The van der Waals surface area contributed by atoms with Crippen molar-refractivity contribution < 1.29 is 19.4 Å². The van der Waals surface area contributed by atoms with E-state index in [1.807, 2.05) is 37.2 Å². The molecule has 0 saturated carbocycles. The molecule has 1 saturated heterocycles. The van der Waals surface area contributed by atoms with Crippen LogP contribution < -0.4 is 14.5 Å². The SMILES string of the molecule is COc1ccc([C@@H]2C(=C(O)c3ccccc3)C(=O)C(=O)N2c2ccc(N(C)C)cc2)cc1. The van der Waals surface area contributed by atoms with Gasteiger partial charge in [0.25, 0.3) is 11.7 Å². The number of methoxy groups -OCH3 is 1. The second kappa shape index (κ2) is 8.59. The predicted molar refractivity (Wildman–Crippen MR) is 125 cm³/mol. The first kappa shape index (κ1) is 21.2. The summed E-state index contributed by atoms with van der Waals surface area (Å²) in [5.41, 5.74) is 2.77. The van der Waals surface area contributed by atoms with E-state index in [1.54, 1.807) is 67.8 Å². The zero-order chi connectivity index (χ0) is 22.8. The Morgan fingerprint density at radius 3 is 2.09 bits per heavy atom. The van der Waals surface area contributed by atoms with Crippen molar-refractivity contribution in [3.63, 3.8) is 0 Å². The minimum Gasteiger partial charge on any atom is -0.507 e. The zero-order valence-corrected chi connectivity index (χ0v) is 18.1.